The van der Waals surface area contributed by atoms with Crippen LogP contribution < -0.4 is 40.2 Å². The van der Waals surface area contributed by atoms with Crippen molar-refractivity contribution in [1.29, 1.82) is 0 Å². The summed E-state index contributed by atoms with van der Waals surface area (Å²) < 4.78 is 50.3. The van der Waals surface area contributed by atoms with E-state index in [1.54, 1.807) is 55.8 Å². The van der Waals surface area contributed by atoms with E-state index in [9.17, 15) is 33.6 Å². The predicted octanol–water partition coefficient (Wildman–Crippen LogP) is 13.1. The molecule has 2 aliphatic heterocycles. The highest BCUT2D eigenvalue weighted by Crippen LogP contribution is 2.39. The molecule has 0 bridgehead atoms. The topological polar surface area (TPSA) is 329 Å². The molecule has 2 saturated heterocycles. The van der Waals surface area contributed by atoms with E-state index < -0.39 is 94.9 Å². The summed E-state index contributed by atoms with van der Waals surface area (Å²) in [6, 6.07) is 11.7. The van der Waals surface area contributed by atoms with Gasteiger partial charge in [0, 0.05) is 70.7 Å². The summed E-state index contributed by atoms with van der Waals surface area (Å²) in [4.78, 5) is 110. The summed E-state index contributed by atoms with van der Waals surface area (Å²) in [5.41, 5.74) is 2.06. The number of hydrogen-bond acceptors (Lipinski definition) is 24. The average molecular weight is 1450 g/mol. The number of carbonyl (C=O) groups excluding carboxylic acids is 6. The lowest BCUT2D eigenvalue weighted by atomic mass is 9.85. The van der Waals surface area contributed by atoms with Crippen molar-refractivity contribution in [1.82, 2.24) is 40.4 Å². The van der Waals surface area contributed by atoms with Crippen molar-refractivity contribution in [2.24, 2.45) is 10.8 Å². The van der Waals surface area contributed by atoms with Crippen LogP contribution in [0.3, 0.4) is 0 Å². The first-order valence-corrected chi connectivity index (χ1v) is 36.3. The number of likely N-dealkylation sites (tertiary alicyclic amines) is 2. The monoisotopic (exact) mass is 1450 g/mol. The number of nitrogens with one attached hydrogen (secondary N) is 4. The van der Waals surface area contributed by atoms with Gasteiger partial charge in [0.05, 0.1) is 63.9 Å². The van der Waals surface area contributed by atoms with Crippen molar-refractivity contribution >= 4 is 96.8 Å². The third kappa shape index (κ3) is 21.3. The molecule has 4 amide bonds. The summed E-state index contributed by atoms with van der Waals surface area (Å²) in [6.45, 7) is 24.7. The van der Waals surface area contributed by atoms with E-state index in [1.807, 2.05) is 93.9 Å². The minimum absolute atomic E-state index is 0.0515. The number of thiazole rings is 2. The summed E-state index contributed by atoms with van der Waals surface area (Å²) in [5, 5.41) is 27.9. The molecule has 10 rings (SSSR count). The van der Waals surface area contributed by atoms with E-state index in [1.165, 1.54) is 46.7 Å². The molecule has 6 aromatic rings. The van der Waals surface area contributed by atoms with Crippen LogP contribution >= 0.6 is 22.7 Å². The fourth-order valence-corrected chi connectivity index (χ4v) is 13.9. The molecular weight excluding hydrogens is 1350 g/mol. The number of anilines is 2. The number of pyridine rings is 2. The van der Waals surface area contributed by atoms with E-state index in [-0.39, 0.29) is 50.2 Å². The molecule has 6 heterocycles. The van der Waals surface area contributed by atoms with E-state index in [2.05, 4.69) is 40.1 Å². The van der Waals surface area contributed by atoms with Gasteiger partial charge in [-0.25, -0.2) is 48.7 Å². The Balaban J connectivity index is 0.000000214. The van der Waals surface area contributed by atoms with E-state index in [4.69, 9.17) is 62.7 Å². The Morgan fingerprint density at radius 2 is 0.931 bits per heavy atom. The van der Waals surface area contributed by atoms with Crippen molar-refractivity contribution in [3.8, 4) is 45.8 Å². The Kier molecular flexibility index (Phi) is 26.5. The molecule has 2 aliphatic carbocycles. The maximum Gasteiger partial charge on any atom is 0.411 e. The number of aromatic nitrogens is 4. The van der Waals surface area contributed by atoms with Crippen molar-refractivity contribution in [3.05, 3.63) is 59.3 Å². The first kappa shape index (κ1) is 78.7. The van der Waals surface area contributed by atoms with Crippen molar-refractivity contribution in [2.75, 3.05) is 52.2 Å². The zero-order valence-corrected chi connectivity index (χ0v) is 63.1. The Morgan fingerprint density at radius 3 is 1.30 bits per heavy atom. The minimum Gasteiger partial charge on any atom is -0.497 e. The molecule has 0 radical (unpaired) electrons. The summed E-state index contributed by atoms with van der Waals surface area (Å²) in [5.74, 6) is -0.101. The minimum atomic E-state index is -1.04. The van der Waals surface area contributed by atoms with Crippen LogP contribution in [-0.2, 0) is 42.9 Å². The molecule has 102 heavy (non-hydrogen) atoms. The molecule has 4 fully saturated rings. The van der Waals surface area contributed by atoms with Gasteiger partial charge in [-0.15, -0.1) is 22.7 Å². The number of benzene rings is 2. The van der Waals surface area contributed by atoms with Crippen LogP contribution in [0.1, 0.15) is 154 Å². The van der Waals surface area contributed by atoms with Crippen LogP contribution in [0.15, 0.2) is 59.3 Å². The summed E-state index contributed by atoms with van der Waals surface area (Å²) in [6.07, 6.45) is 4.94. The van der Waals surface area contributed by atoms with Gasteiger partial charge in [-0.2, -0.15) is 0 Å². The summed E-state index contributed by atoms with van der Waals surface area (Å²) >= 11 is 2.99. The number of amides is 4. The fraction of sp³-hybridized carbons (Fsp3) is 0.575. The lowest BCUT2D eigenvalue weighted by molar-refractivity contribution is -0.152. The molecule has 0 spiro atoms. The van der Waals surface area contributed by atoms with Gasteiger partial charge in [0.15, 0.2) is 10.3 Å². The van der Waals surface area contributed by atoms with E-state index >= 15 is 0 Å². The highest BCUT2D eigenvalue weighted by Gasteiger charge is 2.48. The van der Waals surface area contributed by atoms with Gasteiger partial charge < -0.3 is 73.9 Å². The van der Waals surface area contributed by atoms with Gasteiger partial charge in [0.1, 0.15) is 88.6 Å². The number of hydrogen-bond donors (Lipinski definition) is 5. The van der Waals surface area contributed by atoms with Gasteiger partial charge in [0.25, 0.3) is 0 Å². The quantitative estimate of drug-likeness (QED) is 0.0350. The number of aliphatic carboxylic acids is 1. The van der Waals surface area contributed by atoms with Gasteiger partial charge in [-0.05, 0) is 135 Å². The van der Waals surface area contributed by atoms with E-state index in [0.29, 0.717) is 56.8 Å². The lowest BCUT2D eigenvalue weighted by Gasteiger charge is -2.35. The second-order valence-corrected chi connectivity index (χ2v) is 31.2. The maximum atomic E-state index is 14.1. The first-order chi connectivity index (χ1) is 48.1. The van der Waals surface area contributed by atoms with Crippen LogP contribution in [-0.4, -0.2) is 185 Å². The lowest BCUT2D eigenvalue weighted by Crippen LogP contribution is -2.57. The molecule has 0 unspecified atom stereocenters. The van der Waals surface area contributed by atoms with Gasteiger partial charge in [-0.3, -0.25) is 9.69 Å². The molecule has 27 nitrogen and oxygen atoms in total. The average Bonchev–Trinajstić information content (AvgIpc) is 1.48. The normalized spacial score (nSPS) is 18.5. The molecule has 2 aromatic carbocycles. The Morgan fingerprint density at radius 1 is 0.529 bits per heavy atom. The Labute approximate surface area is 604 Å². The van der Waals surface area contributed by atoms with Crippen molar-refractivity contribution in [2.45, 2.75) is 220 Å². The predicted molar refractivity (Wildman–Crippen MR) is 389 cm³/mol. The van der Waals surface area contributed by atoms with E-state index in [0.717, 1.165) is 72.4 Å². The van der Waals surface area contributed by atoms with Crippen LogP contribution in [0.25, 0.3) is 44.6 Å². The van der Waals surface area contributed by atoms with Crippen molar-refractivity contribution < 1.29 is 81.3 Å². The van der Waals surface area contributed by atoms with Crippen LogP contribution in [0.5, 0.6) is 23.0 Å². The fourth-order valence-electron chi connectivity index (χ4n) is 12.2. The molecule has 6 atom stereocenters. The number of methoxy groups -OCH3 is 4. The molecule has 4 aromatic heterocycles. The van der Waals surface area contributed by atoms with Gasteiger partial charge in [-0.1, -0.05) is 41.5 Å². The van der Waals surface area contributed by atoms with Crippen molar-refractivity contribution in [3.63, 3.8) is 0 Å². The standard InChI is InChI=1S/C34H45N5O7S.C27H34N4O6S.C12H21NO4/c1-19(2)35-32-37-26(18-47-32)25-16-28(23-13-12-21(43-6)14-24(23)36-25)45-22-15-27(31(41)44-7)39(17-22)30(40)29(34(3,4)5)38-33(42)46-20-10-8-9-11-20;1-15(2)28-25-30-21(14-38-25)20-12-23(18-9-8-16(34-6)10-19(18)29-20)36-17-11-22(24(32)35-7)31(13-17)26(33)37-27(3,4)5;1-12(2,3)9(10(14)15)13-11(16)17-8-6-4-5-7-8/h12-14,16,18-20,22,27,29H,8-11,15,17H2,1-7H3,(H,35,37)(H,38,42);8-10,12,14-15,17,22H,11,13H2,1-7H3,(H,28,30);8-9H,4-7H2,1-3H3,(H,13,16)(H,14,15)/t22-,27+,29-;17-,22+;9-/m111/s1. The van der Waals surface area contributed by atoms with Gasteiger partial charge in [0.2, 0.25) is 5.91 Å². The molecule has 556 valence electrons. The second-order valence-electron chi connectivity index (χ2n) is 29.5. The van der Waals surface area contributed by atoms with Gasteiger partial charge >= 0.3 is 36.2 Å². The third-order valence-electron chi connectivity index (χ3n) is 17.2. The number of nitrogens with zero attached hydrogens (tertiary/aromatic N) is 6. The number of carboxylic acids is 1. The highest BCUT2D eigenvalue weighted by atomic mass is 32.1. The number of fused-ring (bicyclic) bond motifs is 2. The molecule has 5 N–H and O–H groups in total. The number of alkyl carbamates (subject to hydrolysis) is 2. The zero-order valence-electron chi connectivity index (χ0n) is 61.5. The number of rotatable bonds is 20. The zero-order chi connectivity index (χ0) is 74.5. The third-order valence-corrected chi connectivity index (χ3v) is 18.7. The maximum absolute atomic E-state index is 14.1. The SMILES string of the molecule is CC(C)(C)[C@H](NC(=O)OC1CCCC1)C(=O)O.COC(=O)[C@@H]1C[C@@H](Oc2cc(-c3csc(NC(C)C)n3)nc3cc(OC)ccc23)CN1C(=O)OC(C)(C)C.COC(=O)[C@@H]1C[C@@H](Oc2cc(-c3csc(NC(C)C)n3)nc3cc(OC)ccc23)CN1C(=O)[C@@H](NC(=O)OC1CCCC1)C(C)(C)C. The highest BCUT2D eigenvalue weighted by molar-refractivity contribution is 7.14. The first-order valence-electron chi connectivity index (χ1n) is 34.5. The largest absolute Gasteiger partial charge is 0.497 e. The van der Waals surface area contributed by atoms with Crippen LogP contribution in [0.4, 0.5) is 24.6 Å². The Hall–Kier alpha value is -8.99. The number of ether oxygens (including phenoxy) is 9. The molecule has 29 heteroatoms. The molecular formula is C73H100N10O17S2. The summed E-state index contributed by atoms with van der Waals surface area (Å²) in [7, 11) is 5.79. The second kappa shape index (κ2) is 34.3. The molecule has 2 saturated carbocycles. The molecule has 4 aliphatic rings. The van der Waals surface area contributed by atoms with Crippen LogP contribution in [0, 0.1) is 10.8 Å². The van der Waals surface area contributed by atoms with Crippen LogP contribution in [0.2, 0.25) is 0 Å². The number of esters is 2. The number of carbonyl (C=O) groups is 7. The Bertz CT molecular complexity index is 3910. The smallest absolute Gasteiger partial charge is 0.411 e. The number of carboxylic acid groups (broad SMARTS) is 1.